The van der Waals surface area contributed by atoms with Gasteiger partial charge in [-0.05, 0) is 17.7 Å². The Morgan fingerprint density at radius 1 is 1.33 bits per heavy atom. The van der Waals surface area contributed by atoms with Gasteiger partial charge in [-0.1, -0.05) is 29.8 Å². The minimum atomic E-state index is -4.40. The Kier molecular flexibility index (Phi) is 3.77. The zero-order chi connectivity index (χ0) is 11.5. The van der Waals surface area contributed by atoms with Crippen molar-refractivity contribution < 1.29 is 13.2 Å². The molecule has 0 saturated carbocycles. The minimum absolute atomic E-state index is 0.0622. The van der Waals surface area contributed by atoms with Crippen LogP contribution in [0.25, 0.3) is 6.08 Å². The largest absolute Gasteiger partial charge is 0.417 e. The van der Waals surface area contributed by atoms with Gasteiger partial charge >= 0.3 is 6.18 Å². The Morgan fingerprint density at radius 2 is 2.00 bits per heavy atom. The average Bonchev–Trinajstić information content (AvgIpc) is 2.14. The number of rotatable bonds is 2. The van der Waals surface area contributed by atoms with Crippen LogP contribution in [-0.2, 0) is 6.18 Å². The first-order valence-corrected chi connectivity index (χ1v) is 4.56. The van der Waals surface area contributed by atoms with Crippen molar-refractivity contribution in [3.05, 3.63) is 40.4 Å². The SMILES string of the molecule is NCC=Cc1ccc(Cl)cc1C(F)(F)F. The topological polar surface area (TPSA) is 26.0 Å². The zero-order valence-corrected chi connectivity index (χ0v) is 8.44. The van der Waals surface area contributed by atoms with E-state index in [0.717, 1.165) is 6.07 Å². The monoisotopic (exact) mass is 235 g/mol. The summed E-state index contributed by atoms with van der Waals surface area (Å²) in [6.07, 6.45) is -1.61. The van der Waals surface area contributed by atoms with E-state index < -0.39 is 11.7 Å². The van der Waals surface area contributed by atoms with Gasteiger partial charge in [0.15, 0.2) is 0 Å². The summed E-state index contributed by atoms with van der Waals surface area (Å²) in [5, 5.41) is 0.0622. The second-order valence-electron chi connectivity index (χ2n) is 2.87. The number of alkyl halides is 3. The van der Waals surface area contributed by atoms with E-state index >= 15 is 0 Å². The third-order valence-electron chi connectivity index (χ3n) is 1.75. The molecular formula is C10H9ClF3N. The number of hydrogen-bond donors (Lipinski definition) is 1. The fourth-order valence-electron chi connectivity index (χ4n) is 1.11. The first-order chi connectivity index (χ1) is 6.95. The van der Waals surface area contributed by atoms with E-state index in [1.54, 1.807) is 0 Å². The summed E-state index contributed by atoms with van der Waals surface area (Å²) in [5.41, 5.74) is 4.49. The molecule has 0 heterocycles. The molecule has 82 valence electrons. The van der Waals surface area contributed by atoms with Crippen LogP contribution in [0.5, 0.6) is 0 Å². The highest BCUT2D eigenvalue weighted by Gasteiger charge is 2.32. The van der Waals surface area contributed by atoms with Crippen molar-refractivity contribution in [2.24, 2.45) is 5.73 Å². The molecule has 1 aromatic rings. The van der Waals surface area contributed by atoms with Crippen LogP contribution in [0.4, 0.5) is 13.2 Å². The molecule has 1 nitrogen and oxygen atoms in total. The fourth-order valence-corrected chi connectivity index (χ4v) is 1.29. The molecule has 0 spiro atoms. The molecule has 0 unspecified atom stereocenters. The highest BCUT2D eigenvalue weighted by molar-refractivity contribution is 6.30. The second-order valence-corrected chi connectivity index (χ2v) is 3.30. The van der Waals surface area contributed by atoms with E-state index in [0.29, 0.717) is 0 Å². The Bertz CT molecular complexity index is 371. The van der Waals surface area contributed by atoms with Gasteiger partial charge in [-0.3, -0.25) is 0 Å². The van der Waals surface area contributed by atoms with Crippen LogP contribution in [0.1, 0.15) is 11.1 Å². The van der Waals surface area contributed by atoms with Crippen molar-refractivity contribution in [1.82, 2.24) is 0 Å². The molecule has 1 rings (SSSR count). The number of hydrogen-bond acceptors (Lipinski definition) is 1. The quantitative estimate of drug-likeness (QED) is 0.836. The van der Waals surface area contributed by atoms with Gasteiger partial charge in [0.05, 0.1) is 5.56 Å². The smallest absolute Gasteiger partial charge is 0.327 e. The summed E-state index contributed by atoms with van der Waals surface area (Å²) < 4.78 is 37.6. The minimum Gasteiger partial charge on any atom is -0.327 e. The summed E-state index contributed by atoms with van der Waals surface area (Å²) >= 11 is 5.51. The Morgan fingerprint density at radius 3 is 2.53 bits per heavy atom. The van der Waals surface area contributed by atoms with Crippen LogP contribution in [0.15, 0.2) is 24.3 Å². The van der Waals surface area contributed by atoms with Gasteiger partial charge in [0, 0.05) is 11.6 Å². The summed E-state index contributed by atoms with van der Waals surface area (Å²) in [4.78, 5) is 0. The van der Waals surface area contributed by atoms with Crippen LogP contribution >= 0.6 is 11.6 Å². The molecule has 0 fully saturated rings. The van der Waals surface area contributed by atoms with E-state index in [1.807, 2.05) is 0 Å². The van der Waals surface area contributed by atoms with Crippen LogP contribution in [-0.4, -0.2) is 6.54 Å². The number of nitrogens with two attached hydrogens (primary N) is 1. The number of halogens is 4. The van der Waals surface area contributed by atoms with E-state index in [2.05, 4.69) is 0 Å². The molecule has 0 radical (unpaired) electrons. The van der Waals surface area contributed by atoms with Gasteiger partial charge in [-0.15, -0.1) is 0 Å². The standard InChI is InChI=1S/C10H9ClF3N/c11-8-4-3-7(2-1-5-15)9(6-8)10(12,13)14/h1-4,6H,5,15H2. The van der Waals surface area contributed by atoms with Crippen molar-refractivity contribution >= 4 is 17.7 Å². The van der Waals surface area contributed by atoms with Crippen LogP contribution in [0.3, 0.4) is 0 Å². The lowest BCUT2D eigenvalue weighted by molar-refractivity contribution is -0.137. The van der Waals surface area contributed by atoms with E-state index in [-0.39, 0.29) is 17.1 Å². The highest BCUT2D eigenvalue weighted by Crippen LogP contribution is 2.34. The maximum atomic E-state index is 12.5. The number of benzene rings is 1. The molecule has 0 bridgehead atoms. The summed E-state index contributed by atoms with van der Waals surface area (Å²) in [5.74, 6) is 0. The van der Waals surface area contributed by atoms with Gasteiger partial charge in [-0.2, -0.15) is 13.2 Å². The predicted octanol–water partition coefficient (Wildman–Crippen LogP) is 3.33. The summed E-state index contributed by atoms with van der Waals surface area (Å²) in [6.45, 7) is 0.194. The van der Waals surface area contributed by atoms with Crippen molar-refractivity contribution in [1.29, 1.82) is 0 Å². The van der Waals surface area contributed by atoms with Crippen molar-refractivity contribution in [3.63, 3.8) is 0 Å². The normalized spacial score (nSPS) is 12.3. The van der Waals surface area contributed by atoms with Gasteiger partial charge in [0.2, 0.25) is 0 Å². The second kappa shape index (κ2) is 4.68. The highest BCUT2D eigenvalue weighted by atomic mass is 35.5. The van der Waals surface area contributed by atoms with Crippen LogP contribution in [0.2, 0.25) is 5.02 Å². The van der Waals surface area contributed by atoms with Crippen molar-refractivity contribution in [3.8, 4) is 0 Å². The molecule has 0 aliphatic heterocycles. The lowest BCUT2D eigenvalue weighted by atomic mass is 10.1. The van der Waals surface area contributed by atoms with E-state index in [4.69, 9.17) is 17.3 Å². The summed E-state index contributed by atoms with van der Waals surface area (Å²) in [6, 6.07) is 3.63. The molecule has 2 N–H and O–H groups in total. The predicted molar refractivity (Wildman–Crippen MR) is 54.5 cm³/mol. The molecule has 0 aliphatic rings. The molecule has 0 atom stereocenters. The Balaban J connectivity index is 3.21. The van der Waals surface area contributed by atoms with Crippen molar-refractivity contribution in [2.75, 3.05) is 6.54 Å². The third kappa shape index (κ3) is 3.25. The van der Waals surface area contributed by atoms with Gasteiger partial charge in [0.25, 0.3) is 0 Å². The first-order valence-electron chi connectivity index (χ1n) is 4.18. The maximum Gasteiger partial charge on any atom is 0.417 e. The average molecular weight is 236 g/mol. The Labute approximate surface area is 90.3 Å². The summed E-state index contributed by atoms with van der Waals surface area (Å²) in [7, 11) is 0. The molecular weight excluding hydrogens is 227 g/mol. The van der Waals surface area contributed by atoms with Crippen LogP contribution in [0, 0.1) is 0 Å². The zero-order valence-electron chi connectivity index (χ0n) is 7.68. The molecule has 0 amide bonds. The molecule has 0 aromatic heterocycles. The van der Waals surface area contributed by atoms with Gasteiger partial charge in [0.1, 0.15) is 0 Å². The fraction of sp³-hybridized carbons (Fsp3) is 0.200. The van der Waals surface area contributed by atoms with Gasteiger partial charge in [-0.25, -0.2) is 0 Å². The lowest BCUT2D eigenvalue weighted by Crippen LogP contribution is -2.07. The molecule has 5 heteroatoms. The molecule has 15 heavy (non-hydrogen) atoms. The maximum absolute atomic E-state index is 12.5. The Hall–Kier alpha value is -1.00. The molecule has 0 saturated heterocycles. The first kappa shape index (κ1) is 12.1. The lowest BCUT2D eigenvalue weighted by Gasteiger charge is -2.10. The molecule has 0 aliphatic carbocycles. The van der Waals surface area contributed by atoms with Crippen molar-refractivity contribution in [2.45, 2.75) is 6.18 Å². The molecule has 1 aromatic carbocycles. The van der Waals surface area contributed by atoms with Crippen LogP contribution < -0.4 is 5.73 Å². The van der Waals surface area contributed by atoms with Gasteiger partial charge < -0.3 is 5.73 Å². The van der Waals surface area contributed by atoms with E-state index in [9.17, 15) is 13.2 Å². The third-order valence-corrected chi connectivity index (χ3v) is 1.99. The van der Waals surface area contributed by atoms with E-state index in [1.165, 1.54) is 24.3 Å².